The van der Waals surface area contributed by atoms with E-state index in [-0.39, 0.29) is 259 Å². The number of Topliss-reactive ketones (excluding diaryl/α,β-unsaturated/α-hetero) is 3. The van der Waals surface area contributed by atoms with Gasteiger partial charge in [-0.05, 0) is 343 Å². The Morgan fingerprint density at radius 3 is 1.27 bits per heavy atom. The van der Waals surface area contributed by atoms with Crippen LogP contribution in [-0.2, 0) is 66.9 Å². The van der Waals surface area contributed by atoms with Crippen molar-refractivity contribution in [3.05, 3.63) is 0 Å². The van der Waals surface area contributed by atoms with Crippen LogP contribution in [0.15, 0.2) is 0 Å². The third-order valence-electron chi connectivity index (χ3n) is 42.1. The Balaban J connectivity index is 0.000000166. The third-order valence-corrected chi connectivity index (χ3v) is 42.1. The Morgan fingerprint density at radius 1 is 0.411 bits per heavy atom. The summed E-state index contributed by atoms with van der Waals surface area (Å²) in [6.07, 6.45) is 25.8. The number of hydrogen-bond donors (Lipinski definition) is 8. The number of aliphatic carboxylic acids is 3. The molecule has 16 fully saturated rings. The van der Waals surface area contributed by atoms with Gasteiger partial charge < -0.3 is 65.3 Å². The van der Waals surface area contributed by atoms with E-state index < -0.39 is 29.4 Å². The van der Waals surface area contributed by atoms with E-state index in [2.05, 4.69) is 90.0 Å². The van der Waals surface area contributed by atoms with Crippen LogP contribution in [0.3, 0.4) is 0 Å². The molecule has 23 nitrogen and oxygen atoms in total. The molecule has 16 aliphatic carbocycles. The average molecular weight is 1820 g/mol. The Labute approximate surface area is 792 Å². The number of esters is 4. The number of rotatable bonds is 20. The molecule has 0 aromatic heterocycles. The van der Waals surface area contributed by atoms with Crippen LogP contribution < -0.4 is 29.6 Å². The van der Waals surface area contributed by atoms with Crippen molar-refractivity contribution < 1.29 is 143 Å². The summed E-state index contributed by atoms with van der Waals surface area (Å²) in [5, 5.41) is 82.0. The summed E-state index contributed by atoms with van der Waals surface area (Å²) < 4.78 is 23.6. The quantitative estimate of drug-likeness (QED) is 0.0319. The number of ether oxygens (including phenoxy) is 4. The second-order valence-corrected chi connectivity index (χ2v) is 47.8. The molecule has 0 amide bonds. The predicted octanol–water partition coefficient (Wildman–Crippen LogP) is 14.7. The van der Waals surface area contributed by atoms with E-state index in [9.17, 15) is 78.6 Å². The van der Waals surface area contributed by atoms with Gasteiger partial charge in [0, 0.05) is 100 Å². The summed E-state index contributed by atoms with van der Waals surface area (Å²) in [4.78, 5) is 121. The molecule has 0 saturated heterocycles. The monoisotopic (exact) mass is 1820 g/mol. The van der Waals surface area contributed by atoms with Crippen molar-refractivity contribution in [2.45, 2.75) is 398 Å². The molecule has 129 heavy (non-hydrogen) atoms. The van der Waals surface area contributed by atoms with Gasteiger partial charge in [-0.1, -0.05) is 96.4 Å². The fourth-order valence-electron chi connectivity index (χ4n) is 35.5. The molecule has 0 unspecified atom stereocenters. The van der Waals surface area contributed by atoms with Crippen molar-refractivity contribution in [2.24, 2.45) is 191 Å². The van der Waals surface area contributed by atoms with Gasteiger partial charge in [-0.15, -0.1) is 0 Å². The molecule has 0 aliphatic heterocycles. The van der Waals surface area contributed by atoms with E-state index in [1.54, 1.807) is 6.92 Å². The van der Waals surface area contributed by atoms with E-state index in [1.165, 1.54) is 33.1 Å². The summed E-state index contributed by atoms with van der Waals surface area (Å²) in [7, 11) is 0. The van der Waals surface area contributed by atoms with Crippen molar-refractivity contribution in [3.8, 4) is 0 Å². The number of aliphatic hydroxyl groups is 5. The average Bonchev–Trinajstić information content (AvgIpc) is 1.72. The zero-order chi connectivity index (χ0) is 92.8. The van der Waals surface area contributed by atoms with Gasteiger partial charge in [0.2, 0.25) is 0 Å². The van der Waals surface area contributed by atoms with Crippen LogP contribution in [0.2, 0.25) is 0 Å². The van der Waals surface area contributed by atoms with Crippen LogP contribution in [0.4, 0.5) is 0 Å². The Morgan fingerprint density at radius 2 is 0.806 bits per heavy atom. The molecule has 24 heteroatoms. The number of carboxylic acids is 3. The number of carboxylic acid groups (broad SMARTS) is 3. The zero-order valence-electron chi connectivity index (χ0n) is 82.0. The molecular formula is C105H167NaO23. The minimum Gasteiger partial charge on any atom is -0.870 e. The molecule has 9 N–H and O–H groups in total. The molecule has 41 atom stereocenters. The SMILES string of the molecule is CC(=O)O[C@@H]1C[C@H]2[C@@H]([C@H](O)C[C@@H]3C[C@H](O)CC[C@@]32C)[C@@H]2CC[C@H]([C@H](C)CCC(=O)O)[C@@]12C.CCOC(=O)CC[C@@H](C)[C@H]1CC[C@H]2[C@@H]3[C@H](OC(C)=O)C[C@@H]4C[C@H](C)CC[C@]4(C)[C@H]3C[C@@H](OC(C)=O)[C@]12C.C[C@H](CCC(=O)O)[C@H]1CC[C@H]2[C@@H]3C(=O)C[C@@H]4CC(=O)CC[C@]4(C)[C@H]3CC(=O)[C@]12C.C[C@H](CCC(=O)O)[C@H]1CC[C@H]2[C@@H]3[C@H](O)C[C@@H]4C[C@H](O)CC[C@]4(C)[C@H]3C[C@H](O)[C@]12C.[Na+].[OH-]. The maximum absolute atomic E-state index is 13.6. The summed E-state index contributed by atoms with van der Waals surface area (Å²) >= 11 is 0. The summed E-state index contributed by atoms with van der Waals surface area (Å²) in [6, 6.07) is 0. The molecule has 726 valence electrons. The molecule has 0 bridgehead atoms. The first kappa shape index (κ1) is 106. The number of ketones is 3. The first-order chi connectivity index (χ1) is 59.6. The van der Waals surface area contributed by atoms with E-state index in [0.29, 0.717) is 123 Å². The van der Waals surface area contributed by atoms with Gasteiger partial charge in [-0.2, -0.15) is 0 Å². The van der Waals surface area contributed by atoms with Crippen LogP contribution in [0.5, 0.6) is 0 Å². The minimum atomic E-state index is -0.792. The Hall–Kier alpha value is -3.94. The van der Waals surface area contributed by atoms with Crippen LogP contribution in [0.25, 0.3) is 0 Å². The topological polar surface area (TPSA) is 399 Å². The van der Waals surface area contributed by atoms with E-state index in [1.807, 2.05) is 6.92 Å². The molecule has 16 aliphatic rings. The van der Waals surface area contributed by atoms with Gasteiger partial charge in [0.25, 0.3) is 0 Å². The van der Waals surface area contributed by atoms with E-state index in [0.717, 1.165) is 141 Å². The van der Waals surface area contributed by atoms with Gasteiger partial charge in [-0.25, -0.2) is 0 Å². The van der Waals surface area contributed by atoms with Crippen molar-refractivity contribution in [1.82, 2.24) is 0 Å². The summed E-state index contributed by atoms with van der Waals surface area (Å²) in [5.41, 5.74) is -0.959. The van der Waals surface area contributed by atoms with E-state index >= 15 is 0 Å². The summed E-state index contributed by atoms with van der Waals surface area (Å²) in [5.74, 6) is 4.37. The van der Waals surface area contributed by atoms with Gasteiger partial charge in [0.1, 0.15) is 35.7 Å². The first-order valence-corrected chi connectivity index (χ1v) is 50.9. The zero-order valence-corrected chi connectivity index (χ0v) is 84.0. The van der Waals surface area contributed by atoms with Crippen molar-refractivity contribution in [1.29, 1.82) is 0 Å². The first-order valence-electron chi connectivity index (χ1n) is 50.9. The molecular weight excluding hydrogens is 1650 g/mol. The maximum Gasteiger partial charge on any atom is 1.00 e. The molecule has 0 aromatic carbocycles. The molecule has 0 aromatic rings. The van der Waals surface area contributed by atoms with Crippen LogP contribution in [0, 0.1) is 191 Å². The fraction of sp³-hybridized carbons (Fsp3) is 0.905. The molecule has 16 rings (SSSR count). The van der Waals surface area contributed by atoms with Gasteiger partial charge in [0.05, 0.1) is 37.1 Å². The Bertz CT molecular complexity index is 4000. The number of hydrogen-bond acceptors (Lipinski definition) is 20. The molecule has 0 radical (unpaired) electrons. The second-order valence-electron chi connectivity index (χ2n) is 47.8. The number of aliphatic hydroxyl groups excluding tert-OH is 5. The van der Waals surface area contributed by atoms with Gasteiger partial charge in [-0.3, -0.25) is 47.9 Å². The predicted molar refractivity (Wildman–Crippen MR) is 480 cm³/mol. The van der Waals surface area contributed by atoms with Crippen LogP contribution >= 0.6 is 0 Å². The van der Waals surface area contributed by atoms with Crippen molar-refractivity contribution in [3.63, 3.8) is 0 Å². The van der Waals surface area contributed by atoms with Crippen LogP contribution in [0.1, 0.15) is 349 Å². The minimum absolute atomic E-state index is 0. The second kappa shape index (κ2) is 41.0. The molecule has 16 saturated carbocycles. The number of carbonyl (C=O) groups excluding carboxylic acids is 7. The smallest absolute Gasteiger partial charge is 0.870 e. The fourth-order valence-corrected chi connectivity index (χ4v) is 35.5. The Kier molecular flexibility index (Phi) is 33.5. The maximum atomic E-state index is 13.6. The van der Waals surface area contributed by atoms with E-state index in [4.69, 9.17) is 29.2 Å². The standard InChI is InChI=1S/C31H50O6.C26H42O6.C24H40O5.C24H34O5.Na.H2O/c1-8-35-28(34)12-9-19(3)23-10-11-24-29-25(17-27(31(23,24)7)37-21(5)33)30(6)14-13-18(2)15-22(30)16-26(29)36-20(4)32;1-14(5-8-23(30)31)18-6-7-19-24-20(13-22(26(18,19)4)32-15(2)27)25(3)10-9-17(28)11-16(25)12-21(24)29;2*1-13(4-7-21(28)29)16-5-6-17-22-18(12-20(27)24(16,17)3)23(2)9-8-15(25)10-14(23)11-19(22)26;;/h18-19,22-27,29H,8-17H2,1-7H3;14,16-22,24,28-29H,5-13H2,1-4H3,(H,30,31);13-20,22,25-27H,4-12H2,1-3H3,(H,28,29);13-14,16-18,22H,4-12H2,1-3H3,(H,28,29);;1H2/q;;;;+1;/p-1/t18-,19-,22+,23-,24+,25+,26-,27-,29+,30+,31-;14-,16+,17-,18-,19+,20+,21-,22-,24+,25+,26-;13-,14+,15-,16-,17+,18+,19-,20+,22+,23+,24-;13-,14+,16-,17+,18+,22+,23+,24-;;/m1111../s1. The van der Waals surface area contributed by atoms with Gasteiger partial charge >= 0.3 is 71.3 Å². The number of fused-ring (bicyclic) bond motifs is 20. The molecule has 0 heterocycles. The summed E-state index contributed by atoms with van der Waals surface area (Å²) in [6.45, 7) is 36.1. The normalized spacial score (nSPS) is 46.7. The van der Waals surface area contributed by atoms with Crippen molar-refractivity contribution in [2.75, 3.05) is 6.61 Å². The largest absolute Gasteiger partial charge is 1.00 e. The van der Waals surface area contributed by atoms with Crippen LogP contribution in [-0.4, -0.2) is 161 Å². The molecule has 0 spiro atoms. The number of carbonyl (C=O) groups is 10. The van der Waals surface area contributed by atoms with Gasteiger partial charge in [0.15, 0.2) is 0 Å². The van der Waals surface area contributed by atoms with Crippen molar-refractivity contribution >= 4 is 59.1 Å². The third kappa shape index (κ3) is 19.6.